The van der Waals surface area contributed by atoms with Gasteiger partial charge in [0.2, 0.25) is 0 Å². The number of allylic oxidation sites excluding steroid dienone is 1. The van der Waals surface area contributed by atoms with Gasteiger partial charge in [0.05, 0.1) is 12.7 Å². The fraction of sp³-hybridized carbons (Fsp3) is 0.500. The summed E-state index contributed by atoms with van der Waals surface area (Å²) in [5, 5.41) is 2.98. The average molecular weight is 261 g/mol. The number of nitrogens with zero attached hydrogens (tertiary/aromatic N) is 2. The first-order valence-electron chi connectivity index (χ1n) is 6.56. The first-order chi connectivity index (χ1) is 9.20. The number of carbonyl (C=O) groups is 1. The third-order valence-corrected chi connectivity index (χ3v) is 3.30. The van der Waals surface area contributed by atoms with Crippen molar-refractivity contribution < 1.29 is 9.53 Å². The lowest BCUT2D eigenvalue weighted by molar-refractivity contribution is 0.0943. The molecule has 0 aliphatic heterocycles. The standard InChI is InChI=1S/C14H19N3O2/c1-10(11-6-4-3-5-7-11)17-13(18)12-8-15-14(19-2)16-9-12/h6,8-10H,3-5,7H2,1-2H3,(H,17,18). The van der Waals surface area contributed by atoms with Gasteiger partial charge in [0.1, 0.15) is 0 Å². The third kappa shape index (κ3) is 3.53. The van der Waals surface area contributed by atoms with Crippen LogP contribution >= 0.6 is 0 Å². The Hall–Kier alpha value is -1.91. The minimum Gasteiger partial charge on any atom is -0.467 e. The van der Waals surface area contributed by atoms with Crippen molar-refractivity contribution in [2.75, 3.05) is 7.11 Å². The summed E-state index contributed by atoms with van der Waals surface area (Å²) >= 11 is 0. The lowest BCUT2D eigenvalue weighted by atomic mass is 9.94. The smallest absolute Gasteiger partial charge is 0.316 e. The van der Waals surface area contributed by atoms with Gasteiger partial charge in [-0.25, -0.2) is 9.97 Å². The SMILES string of the molecule is COc1ncc(C(=O)NC(C)C2=CCCCC2)cn1. The minimum absolute atomic E-state index is 0.0647. The van der Waals surface area contributed by atoms with Crippen LogP contribution in [-0.2, 0) is 0 Å². The van der Waals surface area contributed by atoms with Gasteiger partial charge in [-0.15, -0.1) is 0 Å². The van der Waals surface area contributed by atoms with Crippen LogP contribution in [0.3, 0.4) is 0 Å². The third-order valence-electron chi connectivity index (χ3n) is 3.30. The van der Waals surface area contributed by atoms with Crippen LogP contribution in [0.1, 0.15) is 43.0 Å². The molecule has 0 saturated carbocycles. The molecule has 0 spiro atoms. The van der Waals surface area contributed by atoms with Crippen LogP contribution in [0.5, 0.6) is 6.01 Å². The summed E-state index contributed by atoms with van der Waals surface area (Å²) < 4.78 is 4.86. The van der Waals surface area contributed by atoms with Crippen LogP contribution < -0.4 is 10.1 Å². The maximum Gasteiger partial charge on any atom is 0.316 e. The van der Waals surface area contributed by atoms with E-state index in [1.54, 1.807) is 0 Å². The number of rotatable bonds is 4. The molecule has 1 heterocycles. The molecule has 5 heteroatoms. The van der Waals surface area contributed by atoms with Crippen LogP contribution in [0.4, 0.5) is 0 Å². The molecule has 1 unspecified atom stereocenters. The van der Waals surface area contributed by atoms with E-state index in [1.807, 2.05) is 6.92 Å². The molecule has 19 heavy (non-hydrogen) atoms. The summed E-state index contributed by atoms with van der Waals surface area (Å²) in [6.45, 7) is 2.01. The first kappa shape index (κ1) is 13.5. The molecule has 1 aliphatic carbocycles. The van der Waals surface area contributed by atoms with Crippen molar-refractivity contribution in [2.45, 2.75) is 38.6 Å². The topological polar surface area (TPSA) is 64.1 Å². The monoisotopic (exact) mass is 261 g/mol. The fourth-order valence-corrected chi connectivity index (χ4v) is 2.17. The van der Waals surface area contributed by atoms with E-state index >= 15 is 0 Å². The normalized spacial score (nSPS) is 16.4. The number of amides is 1. The molecule has 5 nitrogen and oxygen atoms in total. The molecular formula is C14H19N3O2. The molecule has 0 radical (unpaired) electrons. The summed E-state index contributed by atoms with van der Waals surface area (Å²) in [5.74, 6) is -0.151. The number of carbonyl (C=O) groups excluding carboxylic acids is 1. The summed E-state index contributed by atoms with van der Waals surface area (Å²) in [4.78, 5) is 19.9. The van der Waals surface area contributed by atoms with Gasteiger partial charge in [-0.05, 0) is 32.6 Å². The second kappa shape index (κ2) is 6.31. The average Bonchev–Trinajstić information content (AvgIpc) is 2.48. The second-order valence-corrected chi connectivity index (χ2v) is 4.68. The van der Waals surface area contributed by atoms with Crippen LogP contribution in [0.25, 0.3) is 0 Å². The highest BCUT2D eigenvalue weighted by Gasteiger charge is 2.15. The second-order valence-electron chi connectivity index (χ2n) is 4.68. The van der Waals surface area contributed by atoms with Crippen molar-refractivity contribution in [3.8, 4) is 6.01 Å². The molecule has 1 atom stereocenters. The molecule has 102 valence electrons. The quantitative estimate of drug-likeness (QED) is 0.843. The Balaban J connectivity index is 1.97. The number of hydrogen-bond donors (Lipinski definition) is 1. The summed E-state index contributed by atoms with van der Waals surface area (Å²) in [6.07, 6.45) is 9.82. The van der Waals surface area contributed by atoms with Crippen LogP contribution in [-0.4, -0.2) is 29.0 Å². The van der Waals surface area contributed by atoms with Crippen LogP contribution in [0.2, 0.25) is 0 Å². The zero-order valence-electron chi connectivity index (χ0n) is 11.3. The van der Waals surface area contributed by atoms with Crippen molar-refractivity contribution in [1.29, 1.82) is 0 Å². The van der Waals surface area contributed by atoms with E-state index in [2.05, 4.69) is 21.4 Å². The lowest BCUT2D eigenvalue weighted by Crippen LogP contribution is -2.34. The fourth-order valence-electron chi connectivity index (χ4n) is 2.17. The van der Waals surface area contributed by atoms with Gasteiger partial charge in [-0.1, -0.05) is 11.6 Å². The van der Waals surface area contributed by atoms with Gasteiger partial charge >= 0.3 is 6.01 Å². The molecule has 1 aliphatic rings. The van der Waals surface area contributed by atoms with Crippen LogP contribution in [0, 0.1) is 0 Å². The zero-order chi connectivity index (χ0) is 13.7. The van der Waals surface area contributed by atoms with Crippen molar-refractivity contribution in [3.05, 3.63) is 29.6 Å². The predicted molar refractivity (Wildman–Crippen MR) is 72.1 cm³/mol. The Morgan fingerprint density at radius 2 is 2.11 bits per heavy atom. The highest BCUT2D eigenvalue weighted by molar-refractivity contribution is 5.93. The molecular weight excluding hydrogens is 242 g/mol. The largest absolute Gasteiger partial charge is 0.467 e. The highest BCUT2D eigenvalue weighted by Crippen LogP contribution is 2.20. The number of methoxy groups -OCH3 is 1. The molecule has 2 rings (SSSR count). The Morgan fingerprint density at radius 1 is 1.37 bits per heavy atom. The Labute approximate surface area is 113 Å². The zero-order valence-corrected chi connectivity index (χ0v) is 11.3. The number of ether oxygens (including phenoxy) is 1. The molecule has 1 amide bonds. The lowest BCUT2D eigenvalue weighted by Gasteiger charge is -2.20. The van der Waals surface area contributed by atoms with Crippen molar-refractivity contribution >= 4 is 5.91 Å². The number of hydrogen-bond acceptors (Lipinski definition) is 4. The Morgan fingerprint density at radius 3 is 2.68 bits per heavy atom. The van der Waals surface area contributed by atoms with E-state index in [1.165, 1.54) is 37.9 Å². The summed E-state index contributed by atoms with van der Waals surface area (Å²) in [6, 6.07) is 0.328. The van der Waals surface area contributed by atoms with Gasteiger partial charge in [-0.2, -0.15) is 0 Å². The summed E-state index contributed by atoms with van der Waals surface area (Å²) in [5.41, 5.74) is 1.76. The molecule has 0 fully saturated rings. The highest BCUT2D eigenvalue weighted by atomic mass is 16.5. The molecule has 0 bridgehead atoms. The van der Waals surface area contributed by atoms with Crippen molar-refractivity contribution in [2.24, 2.45) is 0 Å². The minimum atomic E-state index is -0.151. The van der Waals surface area contributed by atoms with E-state index in [0.717, 1.165) is 12.8 Å². The molecule has 1 N–H and O–H groups in total. The van der Waals surface area contributed by atoms with Crippen molar-refractivity contribution in [3.63, 3.8) is 0 Å². The molecule has 1 aromatic heterocycles. The van der Waals surface area contributed by atoms with Crippen LogP contribution in [0.15, 0.2) is 24.0 Å². The Kier molecular flexibility index (Phi) is 4.49. The molecule has 1 aromatic rings. The molecule has 0 saturated heterocycles. The summed E-state index contributed by atoms with van der Waals surface area (Å²) in [7, 11) is 1.49. The van der Waals surface area contributed by atoms with E-state index in [0.29, 0.717) is 5.56 Å². The van der Waals surface area contributed by atoms with E-state index in [-0.39, 0.29) is 18.0 Å². The Bertz CT molecular complexity index is 468. The molecule has 0 aromatic carbocycles. The van der Waals surface area contributed by atoms with Gasteiger partial charge in [0.25, 0.3) is 5.91 Å². The van der Waals surface area contributed by atoms with E-state index in [4.69, 9.17) is 4.74 Å². The van der Waals surface area contributed by atoms with Gasteiger partial charge in [0, 0.05) is 18.4 Å². The van der Waals surface area contributed by atoms with Gasteiger partial charge in [-0.3, -0.25) is 4.79 Å². The number of aromatic nitrogens is 2. The van der Waals surface area contributed by atoms with Crippen molar-refractivity contribution in [1.82, 2.24) is 15.3 Å². The maximum absolute atomic E-state index is 12.0. The van der Waals surface area contributed by atoms with E-state index < -0.39 is 0 Å². The van der Waals surface area contributed by atoms with Gasteiger partial charge < -0.3 is 10.1 Å². The number of nitrogens with one attached hydrogen (secondary N) is 1. The maximum atomic E-state index is 12.0. The predicted octanol–water partition coefficient (Wildman–Crippen LogP) is 2.10. The van der Waals surface area contributed by atoms with Gasteiger partial charge in [0.15, 0.2) is 0 Å². The first-order valence-corrected chi connectivity index (χ1v) is 6.56. The van der Waals surface area contributed by atoms with E-state index in [9.17, 15) is 4.79 Å².